The summed E-state index contributed by atoms with van der Waals surface area (Å²) in [5.41, 5.74) is 2.06. The Kier molecular flexibility index (Phi) is 7.39. The largest absolute Gasteiger partial charge is 0.494 e. The number of carbonyl (C=O) groups is 2. The molecular weight excluding hydrogens is 396 g/mol. The lowest BCUT2D eigenvalue weighted by atomic mass is 10.1. The molecule has 1 heterocycles. The van der Waals surface area contributed by atoms with E-state index in [2.05, 4.69) is 10.3 Å². The van der Waals surface area contributed by atoms with Crippen molar-refractivity contribution in [3.8, 4) is 5.75 Å². The van der Waals surface area contributed by atoms with E-state index in [9.17, 15) is 14.7 Å². The van der Waals surface area contributed by atoms with Crippen molar-refractivity contribution < 1.29 is 24.2 Å². The van der Waals surface area contributed by atoms with Gasteiger partial charge in [0.15, 0.2) is 0 Å². The zero-order chi connectivity index (χ0) is 20.1. The van der Waals surface area contributed by atoms with Crippen LogP contribution in [0.25, 0.3) is 10.9 Å². The number of nitrogens with one attached hydrogen (secondary N) is 1. The summed E-state index contributed by atoms with van der Waals surface area (Å²) in [6, 6.07) is 11.7. The van der Waals surface area contributed by atoms with Gasteiger partial charge in [-0.2, -0.15) is 0 Å². The lowest BCUT2D eigenvalue weighted by Gasteiger charge is -2.15. The second-order valence-electron chi connectivity index (χ2n) is 5.89. The third-order valence-corrected chi connectivity index (χ3v) is 4.02. The Morgan fingerprint density at radius 1 is 1.10 bits per heavy atom. The van der Waals surface area contributed by atoms with E-state index in [4.69, 9.17) is 9.47 Å². The van der Waals surface area contributed by atoms with Crippen molar-refractivity contribution in [1.82, 2.24) is 4.98 Å². The Morgan fingerprint density at radius 2 is 1.90 bits per heavy atom. The van der Waals surface area contributed by atoms with E-state index < -0.39 is 11.9 Å². The molecule has 7 nitrogen and oxygen atoms in total. The van der Waals surface area contributed by atoms with Crippen LogP contribution >= 0.6 is 12.4 Å². The van der Waals surface area contributed by atoms with Gasteiger partial charge in [-0.1, -0.05) is 6.07 Å². The normalized spacial score (nSPS) is 10.1. The van der Waals surface area contributed by atoms with E-state index in [1.807, 2.05) is 6.92 Å². The quantitative estimate of drug-likeness (QED) is 0.540. The Bertz CT molecular complexity index is 1040. The predicted molar refractivity (Wildman–Crippen MR) is 113 cm³/mol. The number of rotatable bonds is 7. The molecule has 152 valence electrons. The number of anilines is 2. The number of aromatic carboxylic acids is 1. The molecule has 1 aromatic heterocycles. The average Bonchev–Trinajstić information content (AvgIpc) is 2.69. The third kappa shape index (κ3) is 4.94. The number of esters is 1. The highest BCUT2D eigenvalue weighted by Crippen LogP contribution is 2.32. The molecule has 0 amide bonds. The summed E-state index contributed by atoms with van der Waals surface area (Å²) in [5.74, 6) is -0.914. The molecule has 3 rings (SSSR count). The lowest BCUT2D eigenvalue weighted by Crippen LogP contribution is -2.09. The molecule has 2 N–H and O–H groups in total. The van der Waals surface area contributed by atoms with Crippen molar-refractivity contribution in [2.75, 3.05) is 18.5 Å². The number of carboxylic acids is 1. The van der Waals surface area contributed by atoms with Gasteiger partial charge in [0, 0.05) is 17.3 Å². The monoisotopic (exact) mass is 416 g/mol. The molecule has 0 radical (unpaired) electrons. The summed E-state index contributed by atoms with van der Waals surface area (Å²) in [4.78, 5) is 28.1. The minimum absolute atomic E-state index is 0. The number of aromatic nitrogens is 1. The van der Waals surface area contributed by atoms with E-state index in [0.717, 1.165) is 0 Å². The highest BCUT2D eigenvalue weighted by Gasteiger charge is 2.18. The van der Waals surface area contributed by atoms with Crippen molar-refractivity contribution in [2.45, 2.75) is 13.8 Å². The average molecular weight is 417 g/mol. The van der Waals surface area contributed by atoms with Crippen LogP contribution in [0.15, 0.2) is 48.7 Å². The van der Waals surface area contributed by atoms with Crippen LogP contribution in [0.3, 0.4) is 0 Å². The molecule has 8 heteroatoms. The first kappa shape index (κ1) is 22.0. The van der Waals surface area contributed by atoms with Gasteiger partial charge in [-0.05, 0) is 50.2 Å². The van der Waals surface area contributed by atoms with Crippen LogP contribution in [0.2, 0.25) is 0 Å². The number of hydrogen-bond acceptors (Lipinski definition) is 6. The molecule has 0 saturated carbocycles. The number of benzene rings is 2. The standard InChI is InChI=1S/C21H20N2O5.ClH/c1-3-27-15-8-9-18-16(11-15)19(17(12-22-18)21(26)28-4-2)23-14-7-5-6-13(10-14)20(24)25;/h5-12H,3-4H2,1-2H3,(H,22,23)(H,24,25);1H. The van der Waals surface area contributed by atoms with E-state index in [0.29, 0.717) is 34.6 Å². The molecular formula is C21H21ClN2O5. The Balaban J connectivity index is 0.00000300. The Hall–Kier alpha value is -3.32. The maximum atomic E-state index is 12.5. The zero-order valence-electron chi connectivity index (χ0n) is 16.0. The molecule has 0 atom stereocenters. The SMILES string of the molecule is CCOC(=O)c1cnc2ccc(OCC)cc2c1Nc1cccc(C(=O)O)c1.Cl. The van der Waals surface area contributed by atoms with Gasteiger partial charge in [0.05, 0.1) is 30.0 Å². The molecule has 29 heavy (non-hydrogen) atoms. The van der Waals surface area contributed by atoms with Gasteiger partial charge in [-0.15, -0.1) is 12.4 Å². The van der Waals surface area contributed by atoms with Gasteiger partial charge in [-0.3, -0.25) is 4.98 Å². The summed E-state index contributed by atoms with van der Waals surface area (Å²) in [5, 5.41) is 13.1. The molecule has 0 aliphatic carbocycles. The summed E-state index contributed by atoms with van der Waals surface area (Å²) >= 11 is 0. The lowest BCUT2D eigenvalue weighted by molar-refractivity contribution is 0.0526. The van der Waals surface area contributed by atoms with Crippen molar-refractivity contribution in [2.24, 2.45) is 0 Å². The van der Waals surface area contributed by atoms with Crippen molar-refractivity contribution >= 4 is 46.6 Å². The zero-order valence-corrected chi connectivity index (χ0v) is 16.8. The second-order valence-corrected chi connectivity index (χ2v) is 5.89. The van der Waals surface area contributed by atoms with Crippen LogP contribution in [0.1, 0.15) is 34.6 Å². The predicted octanol–water partition coefficient (Wildman–Crippen LogP) is 4.67. The minimum Gasteiger partial charge on any atom is -0.494 e. The second kappa shape index (κ2) is 9.75. The maximum absolute atomic E-state index is 12.5. The first-order valence-electron chi connectivity index (χ1n) is 8.86. The van der Waals surface area contributed by atoms with Gasteiger partial charge in [-0.25, -0.2) is 9.59 Å². The molecule has 0 spiro atoms. The Labute approximate surface area is 174 Å². The molecule has 0 fully saturated rings. The number of fused-ring (bicyclic) bond motifs is 1. The molecule has 3 aromatic rings. The minimum atomic E-state index is -1.03. The number of nitrogens with zero attached hydrogens (tertiary/aromatic N) is 1. The fraction of sp³-hybridized carbons (Fsp3) is 0.190. The molecule has 0 aliphatic rings. The molecule has 0 saturated heterocycles. The van der Waals surface area contributed by atoms with Crippen LogP contribution in [0.4, 0.5) is 11.4 Å². The maximum Gasteiger partial charge on any atom is 0.341 e. The van der Waals surface area contributed by atoms with E-state index in [-0.39, 0.29) is 30.1 Å². The fourth-order valence-corrected chi connectivity index (χ4v) is 2.80. The summed E-state index contributed by atoms with van der Waals surface area (Å²) in [7, 11) is 0. The van der Waals surface area contributed by atoms with Gasteiger partial charge in [0.1, 0.15) is 11.3 Å². The number of carbonyl (C=O) groups excluding carboxylic acids is 1. The van der Waals surface area contributed by atoms with E-state index in [1.165, 1.54) is 18.3 Å². The molecule has 0 aliphatic heterocycles. The van der Waals surface area contributed by atoms with Crippen LogP contribution in [0.5, 0.6) is 5.75 Å². The smallest absolute Gasteiger partial charge is 0.341 e. The molecule has 2 aromatic carbocycles. The fourth-order valence-electron chi connectivity index (χ4n) is 2.80. The van der Waals surface area contributed by atoms with Crippen LogP contribution < -0.4 is 10.1 Å². The van der Waals surface area contributed by atoms with Crippen molar-refractivity contribution in [1.29, 1.82) is 0 Å². The highest BCUT2D eigenvalue weighted by atomic mass is 35.5. The summed E-state index contributed by atoms with van der Waals surface area (Å²) < 4.78 is 10.7. The Morgan fingerprint density at radius 3 is 2.59 bits per heavy atom. The van der Waals surface area contributed by atoms with Gasteiger partial charge in [0.25, 0.3) is 0 Å². The van der Waals surface area contributed by atoms with Gasteiger partial charge < -0.3 is 19.9 Å². The number of ether oxygens (including phenoxy) is 2. The van der Waals surface area contributed by atoms with E-state index in [1.54, 1.807) is 37.3 Å². The van der Waals surface area contributed by atoms with Crippen molar-refractivity contribution in [3.63, 3.8) is 0 Å². The van der Waals surface area contributed by atoms with Crippen LogP contribution in [0, 0.1) is 0 Å². The number of pyridine rings is 1. The van der Waals surface area contributed by atoms with Crippen LogP contribution in [-0.4, -0.2) is 35.2 Å². The van der Waals surface area contributed by atoms with Gasteiger partial charge in [0.2, 0.25) is 0 Å². The summed E-state index contributed by atoms with van der Waals surface area (Å²) in [6.45, 7) is 4.33. The highest BCUT2D eigenvalue weighted by molar-refractivity contribution is 6.06. The first-order valence-corrected chi connectivity index (χ1v) is 8.86. The third-order valence-electron chi connectivity index (χ3n) is 4.02. The molecule has 0 unspecified atom stereocenters. The number of carboxylic acid groups (broad SMARTS) is 1. The molecule has 0 bridgehead atoms. The topological polar surface area (TPSA) is 97.8 Å². The number of hydrogen-bond donors (Lipinski definition) is 2. The first-order chi connectivity index (χ1) is 13.5. The van der Waals surface area contributed by atoms with E-state index >= 15 is 0 Å². The van der Waals surface area contributed by atoms with Gasteiger partial charge >= 0.3 is 11.9 Å². The number of halogens is 1. The van der Waals surface area contributed by atoms with Crippen molar-refractivity contribution in [3.05, 3.63) is 59.8 Å². The summed E-state index contributed by atoms with van der Waals surface area (Å²) in [6.07, 6.45) is 1.45. The van der Waals surface area contributed by atoms with Crippen LogP contribution in [-0.2, 0) is 4.74 Å².